The minimum atomic E-state index is -0.922. The van der Waals surface area contributed by atoms with Crippen molar-refractivity contribution in [2.24, 2.45) is 5.41 Å². The van der Waals surface area contributed by atoms with Gasteiger partial charge in [-0.05, 0) is 96.1 Å². The van der Waals surface area contributed by atoms with E-state index in [9.17, 15) is 9.90 Å². The molecular weight excluding hydrogens is 424 g/mol. The highest BCUT2D eigenvalue weighted by Crippen LogP contribution is 2.24. The van der Waals surface area contributed by atoms with E-state index in [2.05, 4.69) is 59.0 Å². The lowest BCUT2D eigenvalue weighted by Gasteiger charge is -2.05. The zero-order chi connectivity index (χ0) is 23.7. The zero-order valence-corrected chi connectivity index (χ0v) is 20.0. The minimum absolute atomic E-state index is 0.0744. The Morgan fingerprint density at radius 1 is 0.970 bits per heavy atom. The topological polar surface area (TPSA) is 37.3 Å². The molecule has 2 nitrogen and oxygen atoms in total. The number of benzene rings is 2. The molecule has 0 atom stereocenters. The lowest BCUT2D eigenvalue weighted by Crippen LogP contribution is -1.99. The largest absolute Gasteiger partial charge is 0.478 e. The van der Waals surface area contributed by atoms with E-state index in [1.54, 1.807) is 29.6 Å². The molecule has 0 aliphatic carbocycles. The summed E-state index contributed by atoms with van der Waals surface area (Å²) in [5, 5.41) is 13.8. The van der Waals surface area contributed by atoms with Crippen molar-refractivity contribution < 1.29 is 9.90 Å². The van der Waals surface area contributed by atoms with Crippen molar-refractivity contribution in [1.82, 2.24) is 0 Å². The van der Waals surface area contributed by atoms with E-state index in [1.165, 1.54) is 11.1 Å². The molecule has 0 unspecified atom stereocenters. The lowest BCUT2D eigenvalue weighted by atomic mass is 9.98. The first-order chi connectivity index (χ1) is 15.8. The number of carboxylic acids is 1. The number of allylic oxidation sites excluding steroid dienone is 2. The standard InChI is InChI=1S/C30H28O2S/c1-30(2,3)17-6-4-5-12-27(29(31)32)21-25-11-7-9-23(19-25)14-15-24-10-8-13-26(20-24)28-16-18-33-22-28/h4-5,7-11,13-16,18-22H,12H2,1-3H3,(H,31,32)/b5-4+,15-14+,27-21+. The maximum absolute atomic E-state index is 11.7. The summed E-state index contributed by atoms with van der Waals surface area (Å²) in [6, 6.07) is 18.4. The fraction of sp³-hybridized carbons (Fsp3) is 0.167. The van der Waals surface area contributed by atoms with E-state index in [4.69, 9.17) is 0 Å². The third-order valence-electron chi connectivity index (χ3n) is 4.72. The molecule has 0 saturated heterocycles. The molecule has 33 heavy (non-hydrogen) atoms. The first-order valence-electron chi connectivity index (χ1n) is 10.8. The molecule has 0 fully saturated rings. The molecule has 0 saturated carbocycles. The third-order valence-corrected chi connectivity index (χ3v) is 5.41. The Kier molecular flexibility index (Phi) is 8.24. The molecule has 0 aliphatic rings. The Labute approximate surface area is 200 Å². The average Bonchev–Trinajstić information content (AvgIpc) is 3.31. The summed E-state index contributed by atoms with van der Waals surface area (Å²) < 4.78 is 0. The summed E-state index contributed by atoms with van der Waals surface area (Å²) in [5.41, 5.74) is 5.66. The molecule has 1 N–H and O–H groups in total. The van der Waals surface area contributed by atoms with Gasteiger partial charge in [0.15, 0.2) is 0 Å². The molecule has 0 aliphatic heterocycles. The number of hydrogen-bond acceptors (Lipinski definition) is 2. The van der Waals surface area contributed by atoms with E-state index in [0.29, 0.717) is 12.0 Å². The van der Waals surface area contributed by atoms with Gasteiger partial charge in [0, 0.05) is 11.0 Å². The van der Waals surface area contributed by atoms with Crippen LogP contribution >= 0.6 is 11.3 Å². The molecule has 166 valence electrons. The lowest BCUT2D eigenvalue weighted by molar-refractivity contribution is -0.132. The van der Waals surface area contributed by atoms with Crippen LogP contribution in [-0.2, 0) is 4.79 Å². The molecule has 2 aromatic carbocycles. The van der Waals surface area contributed by atoms with Gasteiger partial charge in [-0.3, -0.25) is 0 Å². The van der Waals surface area contributed by atoms with Gasteiger partial charge in [0.2, 0.25) is 0 Å². The average molecular weight is 453 g/mol. The van der Waals surface area contributed by atoms with Crippen LogP contribution in [0.4, 0.5) is 0 Å². The first-order valence-corrected chi connectivity index (χ1v) is 11.8. The van der Waals surface area contributed by atoms with E-state index >= 15 is 0 Å². The summed E-state index contributed by atoms with van der Waals surface area (Å²) in [5.74, 6) is 5.17. The molecule has 3 rings (SSSR count). The van der Waals surface area contributed by atoms with E-state index < -0.39 is 5.97 Å². The maximum atomic E-state index is 11.7. The van der Waals surface area contributed by atoms with Gasteiger partial charge in [0.25, 0.3) is 0 Å². The van der Waals surface area contributed by atoms with Gasteiger partial charge in [-0.25, -0.2) is 4.79 Å². The second kappa shape index (κ2) is 11.3. The number of aliphatic carboxylic acids is 1. The van der Waals surface area contributed by atoms with Crippen molar-refractivity contribution in [2.75, 3.05) is 0 Å². The molecule has 0 spiro atoms. The molecule has 0 radical (unpaired) electrons. The summed E-state index contributed by atoms with van der Waals surface area (Å²) in [4.78, 5) is 11.7. The summed E-state index contributed by atoms with van der Waals surface area (Å²) >= 11 is 1.69. The first kappa shape index (κ1) is 24.0. The highest BCUT2D eigenvalue weighted by atomic mass is 32.1. The van der Waals surface area contributed by atoms with Crippen LogP contribution in [0.3, 0.4) is 0 Å². The van der Waals surface area contributed by atoms with Crippen LogP contribution in [0.5, 0.6) is 0 Å². The summed E-state index contributed by atoms with van der Waals surface area (Å²) in [7, 11) is 0. The Morgan fingerprint density at radius 3 is 2.33 bits per heavy atom. The Bertz CT molecular complexity index is 1240. The van der Waals surface area contributed by atoms with Crippen molar-refractivity contribution in [3.8, 4) is 23.0 Å². The van der Waals surface area contributed by atoms with Crippen molar-refractivity contribution in [1.29, 1.82) is 0 Å². The Hall–Kier alpha value is -3.61. The highest BCUT2D eigenvalue weighted by molar-refractivity contribution is 7.08. The van der Waals surface area contributed by atoms with Crippen LogP contribution in [-0.4, -0.2) is 11.1 Å². The van der Waals surface area contributed by atoms with E-state index in [1.807, 2.05) is 51.1 Å². The molecule has 3 aromatic rings. The number of hydrogen-bond donors (Lipinski definition) is 1. The van der Waals surface area contributed by atoms with E-state index in [0.717, 1.165) is 16.7 Å². The van der Waals surface area contributed by atoms with Gasteiger partial charge >= 0.3 is 5.97 Å². The number of carbonyl (C=O) groups is 1. The monoisotopic (exact) mass is 452 g/mol. The Balaban J connectivity index is 1.74. The summed E-state index contributed by atoms with van der Waals surface area (Å²) in [6.45, 7) is 6.12. The molecule has 1 heterocycles. The SMILES string of the molecule is CC(C)(C)C#C/C=C/C/C(=C\c1cccc(/C=C/c2cccc(-c3ccsc3)c2)c1)C(=O)O. The second-order valence-electron chi connectivity index (χ2n) is 8.74. The van der Waals surface area contributed by atoms with Crippen molar-refractivity contribution in [3.63, 3.8) is 0 Å². The smallest absolute Gasteiger partial charge is 0.331 e. The number of rotatable bonds is 7. The quantitative estimate of drug-likeness (QED) is 0.224. The van der Waals surface area contributed by atoms with Crippen LogP contribution in [0.1, 0.15) is 43.9 Å². The summed E-state index contributed by atoms with van der Waals surface area (Å²) in [6.07, 6.45) is 9.69. The Morgan fingerprint density at radius 2 is 1.67 bits per heavy atom. The minimum Gasteiger partial charge on any atom is -0.478 e. The zero-order valence-electron chi connectivity index (χ0n) is 19.2. The van der Waals surface area contributed by atoms with E-state index in [-0.39, 0.29) is 5.41 Å². The van der Waals surface area contributed by atoms with Crippen molar-refractivity contribution in [2.45, 2.75) is 27.2 Å². The predicted molar refractivity (Wildman–Crippen MR) is 142 cm³/mol. The number of carboxylic acid groups (broad SMARTS) is 1. The van der Waals surface area contributed by atoms with Gasteiger partial charge in [-0.2, -0.15) is 11.3 Å². The molecule has 1 aromatic heterocycles. The normalized spacial score (nSPS) is 12.2. The molecular formula is C30H28O2S. The van der Waals surface area contributed by atoms with Crippen LogP contribution in [0, 0.1) is 17.3 Å². The van der Waals surface area contributed by atoms with Crippen molar-refractivity contribution >= 4 is 35.5 Å². The predicted octanol–water partition coefficient (Wildman–Crippen LogP) is 8.05. The van der Waals surface area contributed by atoms with Gasteiger partial charge in [-0.15, -0.1) is 0 Å². The van der Waals surface area contributed by atoms with Gasteiger partial charge < -0.3 is 5.11 Å². The fourth-order valence-electron chi connectivity index (χ4n) is 3.11. The molecule has 0 amide bonds. The molecule has 3 heteroatoms. The van der Waals surface area contributed by atoms with Gasteiger partial charge in [0.1, 0.15) is 0 Å². The molecule has 0 bridgehead atoms. The van der Waals surface area contributed by atoms with Gasteiger partial charge in [0.05, 0.1) is 0 Å². The van der Waals surface area contributed by atoms with Crippen LogP contribution in [0.2, 0.25) is 0 Å². The van der Waals surface area contributed by atoms with Crippen molar-refractivity contribution in [3.05, 3.63) is 99.8 Å². The van der Waals surface area contributed by atoms with Gasteiger partial charge in [-0.1, -0.05) is 66.5 Å². The second-order valence-corrected chi connectivity index (χ2v) is 9.52. The third kappa shape index (κ3) is 8.11. The number of thiophene rings is 1. The van der Waals surface area contributed by atoms with Crippen LogP contribution < -0.4 is 0 Å². The fourth-order valence-corrected chi connectivity index (χ4v) is 3.77. The van der Waals surface area contributed by atoms with Crippen LogP contribution in [0.25, 0.3) is 29.4 Å². The van der Waals surface area contributed by atoms with Crippen LogP contribution in [0.15, 0.2) is 83.1 Å². The highest BCUT2D eigenvalue weighted by Gasteiger charge is 2.06. The maximum Gasteiger partial charge on any atom is 0.331 e.